The van der Waals surface area contributed by atoms with E-state index in [1.54, 1.807) is 0 Å². The standard InChI is InChI=1S/C19H22N2O2/c22-19(16-7-4-12-20-13-16)21-17-8-10-18(11-9-17)23-14-15-5-2-1-3-6-15/h1-3,5-6,8-11,16,20H,4,7,12-14H2,(H,21,22)/t16-/m1/s1. The van der Waals surface area contributed by atoms with Crippen LogP contribution in [0.5, 0.6) is 5.75 Å². The van der Waals surface area contributed by atoms with Crippen molar-refractivity contribution in [3.63, 3.8) is 0 Å². The van der Waals surface area contributed by atoms with Gasteiger partial charge < -0.3 is 15.4 Å². The third-order valence-electron chi connectivity index (χ3n) is 4.04. The van der Waals surface area contributed by atoms with E-state index in [1.807, 2.05) is 54.6 Å². The van der Waals surface area contributed by atoms with E-state index in [1.165, 1.54) is 0 Å². The Labute approximate surface area is 136 Å². The zero-order chi connectivity index (χ0) is 15.9. The van der Waals surface area contributed by atoms with Crippen LogP contribution in [0.4, 0.5) is 5.69 Å². The molecule has 4 heteroatoms. The number of carbonyl (C=O) groups is 1. The highest BCUT2D eigenvalue weighted by Crippen LogP contribution is 2.19. The number of nitrogens with one attached hydrogen (secondary N) is 2. The summed E-state index contributed by atoms with van der Waals surface area (Å²) in [4.78, 5) is 12.2. The summed E-state index contributed by atoms with van der Waals surface area (Å²) in [6, 6.07) is 17.6. The van der Waals surface area contributed by atoms with Gasteiger partial charge in [0.2, 0.25) is 5.91 Å². The van der Waals surface area contributed by atoms with Crippen LogP contribution < -0.4 is 15.4 Å². The van der Waals surface area contributed by atoms with Gasteiger partial charge in [-0.05, 0) is 49.2 Å². The van der Waals surface area contributed by atoms with Crippen LogP contribution in [-0.4, -0.2) is 19.0 Å². The number of benzene rings is 2. The second-order valence-corrected chi connectivity index (χ2v) is 5.83. The Morgan fingerprint density at radius 3 is 2.61 bits per heavy atom. The Kier molecular flexibility index (Phi) is 5.27. The fourth-order valence-electron chi connectivity index (χ4n) is 2.70. The van der Waals surface area contributed by atoms with Gasteiger partial charge in [0.15, 0.2) is 0 Å². The number of hydrogen-bond acceptors (Lipinski definition) is 3. The first-order valence-electron chi connectivity index (χ1n) is 8.09. The third-order valence-corrected chi connectivity index (χ3v) is 4.04. The molecule has 2 N–H and O–H groups in total. The van der Waals surface area contributed by atoms with Gasteiger partial charge in [-0.15, -0.1) is 0 Å². The largest absolute Gasteiger partial charge is 0.489 e. The van der Waals surface area contributed by atoms with Crippen LogP contribution in [0.3, 0.4) is 0 Å². The van der Waals surface area contributed by atoms with Gasteiger partial charge in [0.05, 0.1) is 5.92 Å². The predicted molar refractivity (Wildman–Crippen MR) is 91.4 cm³/mol. The molecular weight excluding hydrogens is 288 g/mol. The van der Waals surface area contributed by atoms with Crippen LogP contribution in [0.2, 0.25) is 0 Å². The first kappa shape index (κ1) is 15.6. The Morgan fingerprint density at radius 2 is 1.91 bits per heavy atom. The van der Waals surface area contributed by atoms with E-state index in [-0.39, 0.29) is 11.8 Å². The van der Waals surface area contributed by atoms with Crippen LogP contribution in [0, 0.1) is 5.92 Å². The fraction of sp³-hybridized carbons (Fsp3) is 0.316. The van der Waals surface area contributed by atoms with Crippen molar-refractivity contribution in [1.29, 1.82) is 0 Å². The molecule has 1 saturated heterocycles. The Balaban J connectivity index is 1.51. The van der Waals surface area contributed by atoms with Crippen molar-refractivity contribution in [2.24, 2.45) is 5.92 Å². The summed E-state index contributed by atoms with van der Waals surface area (Å²) >= 11 is 0. The summed E-state index contributed by atoms with van der Waals surface area (Å²) < 4.78 is 5.75. The van der Waals surface area contributed by atoms with Gasteiger partial charge in [-0.2, -0.15) is 0 Å². The molecule has 0 aromatic heterocycles. The summed E-state index contributed by atoms with van der Waals surface area (Å²) in [6.45, 7) is 2.32. The monoisotopic (exact) mass is 310 g/mol. The van der Waals surface area contributed by atoms with E-state index < -0.39 is 0 Å². The summed E-state index contributed by atoms with van der Waals surface area (Å²) in [7, 11) is 0. The van der Waals surface area contributed by atoms with E-state index >= 15 is 0 Å². The molecule has 120 valence electrons. The lowest BCUT2D eigenvalue weighted by atomic mass is 9.99. The molecule has 1 aliphatic heterocycles. The van der Waals surface area contributed by atoms with Gasteiger partial charge in [0.1, 0.15) is 12.4 Å². The van der Waals surface area contributed by atoms with Gasteiger partial charge in [-0.25, -0.2) is 0 Å². The first-order valence-corrected chi connectivity index (χ1v) is 8.09. The molecule has 1 aliphatic rings. The summed E-state index contributed by atoms with van der Waals surface area (Å²) in [5.74, 6) is 0.957. The molecule has 2 aromatic carbocycles. The highest BCUT2D eigenvalue weighted by atomic mass is 16.5. The number of piperidine rings is 1. The van der Waals surface area contributed by atoms with Crippen molar-refractivity contribution in [3.8, 4) is 5.75 Å². The number of ether oxygens (including phenoxy) is 1. The number of carbonyl (C=O) groups excluding carboxylic acids is 1. The molecule has 2 aromatic rings. The number of anilines is 1. The Bertz CT molecular complexity index is 620. The van der Waals surface area contributed by atoms with Gasteiger partial charge in [0.25, 0.3) is 0 Å². The van der Waals surface area contributed by atoms with Crippen molar-refractivity contribution in [1.82, 2.24) is 5.32 Å². The number of hydrogen-bond donors (Lipinski definition) is 2. The Hall–Kier alpha value is -2.33. The van der Waals surface area contributed by atoms with E-state index in [9.17, 15) is 4.79 Å². The zero-order valence-corrected chi connectivity index (χ0v) is 13.1. The highest BCUT2D eigenvalue weighted by Gasteiger charge is 2.20. The summed E-state index contributed by atoms with van der Waals surface area (Å²) in [6.07, 6.45) is 2.02. The van der Waals surface area contributed by atoms with Crippen LogP contribution >= 0.6 is 0 Å². The zero-order valence-electron chi connectivity index (χ0n) is 13.1. The van der Waals surface area contributed by atoms with Gasteiger partial charge in [-0.1, -0.05) is 30.3 Å². The van der Waals surface area contributed by atoms with E-state index in [4.69, 9.17) is 4.74 Å². The molecule has 0 radical (unpaired) electrons. The average molecular weight is 310 g/mol. The SMILES string of the molecule is O=C(Nc1ccc(OCc2ccccc2)cc1)[C@@H]1CCCNC1. The van der Waals surface area contributed by atoms with Crippen molar-refractivity contribution in [2.45, 2.75) is 19.4 Å². The minimum atomic E-state index is 0.0674. The van der Waals surface area contributed by atoms with Gasteiger partial charge in [-0.3, -0.25) is 4.79 Å². The number of rotatable bonds is 5. The molecule has 0 aliphatic carbocycles. The molecule has 0 bridgehead atoms. The average Bonchev–Trinajstić information content (AvgIpc) is 2.63. The summed E-state index contributed by atoms with van der Waals surface area (Å²) in [5, 5.41) is 6.24. The smallest absolute Gasteiger partial charge is 0.228 e. The van der Waals surface area contributed by atoms with Gasteiger partial charge in [0, 0.05) is 12.2 Å². The van der Waals surface area contributed by atoms with Crippen molar-refractivity contribution >= 4 is 11.6 Å². The van der Waals surface area contributed by atoms with Crippen molar-refractivity contribution in [3.05, 3.63) is 60.2 Å². The lowest BCUT2D eigenvalue weighted by Gasteiger charge is -2.21. The lowest BCUT2D eigenvalue weighted by Crippen LogP contribution is -2.37. The maximum absolute atomic E-state index is 12.2. The molecule has 0 spiro atoms. The maximum atomic E-state index is 12.2. The maximum Gasteiger partial charge on any atom is 0.228 e. The van der Waals surface area contributed by atoms with Crippen LogP contribution in [0.25, 0.3) is 0 Å². The second-order valence-electron chi connectivity index (χ2n) is 5.83. The van der Waals surface area contributed by atoms with E-state index in [0.29, 0.717) is 6.61 Å². The van der Waals surface area contributed by atoms with Crippen molar-refractivity contribution < 1.29 is 9.53 Å². The molecule has 0 unspecified atom stereocenters. The first-order chi connectivity index (χ1) is 11.3. The quantitative estimate of drug-likeness (QED) is 0.891. The van der Waals surface area contributed by atoms with E-state index in [0.717, 1.165) is 42.9 Å². The molecule has 23 heavy (non-hydrogen) atoms. The van der Waals surface area contributed by atoms with Gasteiger partial charge >= 0.3 is 0 Å². The summed E-state index contributed by atoms with van der Waals surface area (Å²) in [5.41, 5.74) is 1.95. The van der Waals surface area contributed by atoms with Crippen LogP contribution in [0.15, 0.2) is 54.6 Å². The van der Waals surface area contributed by atoms with Crippen molar-refractivity contribution in [2.75, 3.05) is 18.4 Å². The molecule has 4 nitrogen and oxygen atoms in total. The Morgan fingerprint density at radius 1 is 1.13 bits per heavy atom. The fourth-order valence-corrected chi connectivity index (χ4v) is 2.70. The lowest BCUT2D eigenvalue weighted by molar-refractivity contribution is -0.120. The van der Waals surface area contributed by atoms with Crippen LogP contribution in [0.1, 0.15) is 18.4 Å². The highest BCUT2D eigenvalue weighted by molar-refractivity contribution is 5.92. The molecular formula is C19H22N2O2. The predicted octanol–water partition coefficient (Wildman–Crippen LogP) is 3.20. The third kappa shape index (κ3) is 4.57. The van der Waals surface area contributed by atoms with E-state index in [2.05, 4.69) is 10.6 Å². The second kappa shape index (κ2) is 7.79. The minimum Gasteiger partial charge on any atom is -0.489 e. The molecule has 1 fully saturated rings. The minimum absolute atomic E-state index is 0.0674. The van der Waals surface area contributed by atoms with Crippen LogP contribution in [-0.2, 0) is 11.4 Å². The molecule has 1 amide bonds. The normalized spacial score (nSPS) is 17.5. The molecule has 3 rings (SSSR count). The topological polar surface area (TPSA) is 50.4 Å². The number of amides is 1. The molecule has 0 saturated carbocycles. The molecule has 1 heterocycles. The molecule has 1 atom stereocenters.